The van der Waals surface area contributed by atoms with Gasteiger partial charge in [0.15, 0.2) is 0 Å². The number of fused-ring (bicyclic) bond motifs is 5. The Hall–Kier alpha value is -1.16. The zero-order valence-electron chi connectivity index (χ0n) is 15.0. The maximum Gasteiger partial charge on any atom is 0.246 e. The maximum atomic E-state index is 12.5. The molecule has 24 heavy (non-hydrogen) atoms. The van der Waals surface area contributed by atoms with Gasteiger partial charge in [-0.05, 0) is 55.3 Å². The van der Waals surface area contributed by atoms with Crippen LogP contribution in [0.4, 0.5) is 0 Å². The monoisotopic (exact) mass is 331 g/mol. The molecule has 1 amide bonds. The molecule has 4 nitrogen and oxygen atoms in total. The topological polar surface area (TPSA) is 57.6 Å². The number of nitrogens with zero attached hydrogens (tertiary/aromatic N) is 1. The van der Waals surface area contributed by atoms with Gasteiger partial charge in [0, 0.05) is 31.5 Å². The van der Waals surface area contributed by atoms with Crippen LogP contribution in [0.5, 0.6) is 0 Å². The van der Waals surface area contributed by atoms with E-state index in [0.717, 1.165) is 32.2 Å². The first-order chi connectivity index (χ1) is 11.3. The molecule has 0 radical (unpaired) electrons. The van der Waals surface area contributed by atoms with Crippen LogP contribution in [0.25, 0.3) is 0 Å². The number of hydrogen-bond acceptors (Lipinski definition) is 3. The molecule has 3 fully saturated rings. The number of hydrogen-bond donors (Lipinski definition) is 1. The molecule has 4 aliphatic rings. The molecule has 1 aliphatic heterocycles. The molecule has 0 bridgehead atoms. The van der Waals surface area contributed by atoms with E-state index in [-0.39, 0.29) is 22.7 Å². The van der Waals surface area contributed by atoms with Crippen molar-refractivity contribution in [1.82, 2.24) is 4.90 Å². The third-order valence-corrected chi connectivity index (χ3v) is 8.02. The van der Waals surface area contributed by atoms with E-state index in [9.17, 15) is 14.7 Å². The van der Waals surface area contributed by atoms with Crippen molar-refractivity contribution in [2.75, 3.05) is 13.6 Å². The Balaban J connectivity index is 1.75. The van der Waals surface area contributed by atoms with Crippen LogP contribution in [0, 0.1) is 28.6 Å². The van der Waals surface area contributed by atoms with Crippen molar-refractivity contribution in [3.63, 3.8) is 0 Å². The molecule has 0 aromatic heterocycles. The van der Waals surface area contributed by atoms with Crippen LogP contribution in [0.15, 0.2) is 11.6 Å². The number of Topliss-reactive ketones (excluding diaryl/α,β-unsaturated/α-hetero) is 1. The first-order valence-electron chi connectivity index (χ1n) is 9.45. The summed E-state index contributed by atoms with van der Waals surface area (Å²) in [5, 5.41) is 11.1. The molecule has 0 aromatic rings. The Morgan fingerprint density at radius 2 is 1.92 bits per heavy atom. The van der Waals surface area contributed by atoms with Gasteiger partial charge < -0.3 is 10.0 Å². The third kappa shape index (κ3) is 2.01. The summed E-state index contributed by atoms with van der Waals surface area (Å²) in [6, 6.07) is 0. The van der Waals surface area contributed by atoms with Gasteiger partial charge in [0.05, 0.1) is 6.10 Å². The standard InChI is InChI=1S/C20H29NO3/c1-19-8-9-21(3)17(24)10-12(19)4-5-13-14-6-7-16(23)20(14,2)11-15(22)18(13)19/h10,13-15,18,22H,4-9,11H2,1-3H3/t13?,14?,15-,18?,19-,20-/m0/s1. The van der Waals surface area contributed by atoms with Crippen molar-refractivity contribution in [3.05, 3.63) is 11.6 Å². The molecule has 0 saturated heterocycles. The molecular formula is C20H29NO3. The minimum atomic E-state index is -0.439. The van der Waals surface area contributed by atoms with Crippen LogP contribution in [0.3, 0.4) is 0 Å². The van der Waals surface area contributed by atoms with Crippen LogP contribution < -0.4 is 0 Å². The van der Waals surface area contributed by atoms with Crippen molar-refractivity contribution < 1.29 is 14.7 Å². The smallest absolute Gasteiger partial charge is 0.246 e. The molecule has 3 aliphatic carbocycles. The quantitative estimate of drug-likeness (QED) is 0.742. The normalized spacial score (nSPS) is 48.3. The number of amides is 1. The highest BCUT2D eigenvalue weighted by Gasteiger charge is 2.61. The lowest BCUT2D eigenvalue weighted by molar-refractivity contribution is -0.146. The SMILES string of the molecule is CN1CC[C@@]2(C)C(=CC1=O)CCC1C2[C@@H](O)C[C@]2(C)C(=O)CCC12. The largest absolute Gasteiger partial charge is 0.393 e. The summed E-state index contributed by atoms with van der Waals surface area (Å²) < 4.78 is 0. The number of allylic oxidation sites excluding steroid dienone is 1. The molecule has 6 atom stereocenters. The molecule has 1 N–H and O–H groups in total. The van der Waals surface area contributed by atoms with Crippen molar-refractivity contribution in [3.8, 4) is 0 Å². The average molecular weight is 331 g/mol. The fraction of sp³-hybridized carbons (Fsp3) is 0.800. The summed E-state index contributed by atoms with van der Waals surface area (Å²) in [5.74, 6) is 1.45. The van der Waals surface area contributed by atoms with Gasteiger partial charge in [-0.25, -0.2) is 0 Å². The first kappa shape index (κ1) is 16.3. The average Bonchev–Trinajstić information content (AvgIpc) is 2.76. The molecule has 0 aromatic carbocycles. The van der Waals surface area contributed by atoms with Gasteiger partial charge in [-0.2, -0.15) is 0 Å². The Morgan fingerprint density at radius 1 is 1.17 bits per heavy atom. The first-order valence-corrected chi connectivity index (χ1v) is 9.45. The molecule has 0 spiro atoms. The Bertz CT molecular complexity index is 626. The van der Waals surface area contributed by atoms with Crippen molar-refractivity contribution in [1.29, 1.82) is 0 Å². The van der Waals surface area contributed by atoms with E-state index < -0.39 is 6.10 Å². The van der Waals surface area contributed by atoms with E-state index in [1.807, 2.05) is 13.1 Å². The van der Waals surface area contributed by atoms with E-state index in [4.69, 9.17) is 0 Å². The predicted molar refractivity (Wildman–Crippen MR) is 91.1 cm³/mol. The highest BCUT2D eigenvalue weighted by molar-refractivity contribution is 5.89. The van der Waals surface area contributed by atoms with E-state index in [1.54, 1.807) is 4.90 Å². The van der Waals surface area contributed by atoms with E-state index in [2.05, 4.69) is 13.8 Å². The van der Waals surface area contributed by atoms with Crippen LogP contribution in [-0.4, -0.2) is 41.4 Å². The molecule has 4 rings (SSSR count). The van der Waals surface area contributed by atoms with Gasteiger partial charge in [-0.15, -0.1) is 0 Å². The number of carbonyl (C=O) groups is 2. The second kappa shape index (κ2) is 5.17. The summed E-state index contributed by atoms with van der Waals surface area (Å²) in [5.41, 5.74) is 0.788. The lowest BCUT2D eigenvalue weighted by Gasteiger charge is -2.57. The van der Waals surface area contributed by atoms with Crippen LogP contribution >= 0.6 is 0 Å². The van der Waals surface area contributed by atoms with E-state index >= 15 is 0 Å². The minimum absolute atomic E-state index is 0.0957. The number of carbonyl (C=O) groups excluding carboxylic acids is 2. The Morgan fingerprint density at radius 3 is 2.67 bits per heavy atom. The van der Waals surface area contributed by atoms with Crippen LogP contribution in [0.2, 0.25) is 0 Å². The zero-order valence-corrected chi connectivity index (χ0v) is 15.0. The second-order valence-electron chi connectivity index (χ2n) is 9.08. The summed E-state index contributed by atoms with van der Waals surface area (Å²) in [6.07, 6.45) is 6.52. The van der Waals surface area contributed by atoms with Gasteiger partial charge in [-0.3, -0.25) is 9.59 Å². The van der Waals surface area contributed by atoms with Crippen LogP contribution in [0.1, 0.15) is 52.4 Å². The van der Waals surface area contributed by atoms with Gasteiger partial charge in [0.2, 0.25) is 5.91 Å². The minimum Gasteiger partial charge on any atom is -0.393 e. The zero-order chi connectivity index (χ0) is 17.3. The number of rotatable bonds is 0. The van der Waals surface area contributed by atoms with Gasteiger partial charge in [0.1, 0.15) is 5.78 Å². The van der Waals surface area contributed by atoms with Crippen LogP contribution in [-0.2, 0) is 9.59 Å². The van der Waals surface area contributed by atoms with Gasteiger partial charge >= 0.3 is 0 Å². The number of aliphatic hydroxyl groups is 1. The molecular weight excluding hydrogens is 302 g/mol. The van der Waals surface area contributed by atoms with E-state index in [1.165, 1.54) is 5.57 Å². The summed E-state index contributed by atoms with van der Waals surface area (Å²) in [6.45, 7) is 5.08. The number of ketones is 1. The summed E-state index contributed by atoms with van der Waals surface area (Å²) >= 11 is 0. The highest BCUT2D eigenvalue weighted by Crippen LogP contribution is 2.63. The van der Waals surface area contributed by atoms with Crippen molar-refractivity contribution in [2.24, 2.45) is 28.6 Å². The van der Waals surface area contributed by atoms with Crippen molar-refractivity contribution >= 4 is 11.7 Å². The van der Waals surface area contributed by atoms with Gasteiger partial charge in [-0.1, -0.05) is 19.4 Å². The number of aliphatic hydroxyl groups excluding tert-OH is 1. The summed E-state index contributed by atoms with van der Waals surface area (Å²) in [7, 11) is 1.86. The number of likely N-dealkylation sites (N-methyl/N-ethyl adjacent to an activating group) is 1. The van der Waals surface area contributed by atoms with Gasteiger partial charge in [0.25, 0.3) is 0 Å². The highest BCUT2D eigenvalue weighted by atomic mass is 16.3. The fourth-order valence-corrected chi connectivity index (χ4v) is 6.58. The maximum absolute atomic E-state index is 12.5. The molecule has 132 valence electrons. The predicted octanol–water partition coefficient (Wildman–Crippen LogP) is 2.56. The van der Waals surface area contributed by atoms with Crippen molar-refractivity contribution in [2.45, 2.75) is 58.5 Å². The summed E-state index contributed by atoms with van der Waals surface area (Å²) in [4.78, 5) is 26.5. The van der Waals surface area contributed by atoms with E-state index in [0.29, 0.717) is 30.5 Å². The molecule has 3 saturated carbocycles. The second-order valence-corrected chi connectivity index (χ2v) is 9.08. The molecule has 1 heterocycles. The fourth-order valence-electron chi connectivity index (χ4n) is 6.58. The molecule has 3 unspecified atom stereocenters. The lowest BCUT2D eigenvalue weighted by atomic mass is 9.47. The molecule has 4 heteroatoms. The lowest BCUT2D eigenvalue weighted by Crippen LogP contribution is -2.56. The Kier molecular flexibility index (Phi) is 3.51. The third-order valence-electron chi connectivity index (χ3n) is 8.02. The Labute approximate surface area is 144 Å².